The normalized spacial score (nSPS) is 17.1. The van der Waals surface area contributed by atoms with Crippen LogP contribution in [0.1, 0.15) is 70.2 Å². The van der Waals surface area contributed by atoms with E-state index in [1.165, 1.54) is 4.57 Å². The zero-order chi connectivity index (χ0) is 35.3. The molecule has 2 aromatic heterocycles. The zero-order valence-electron chi connectivity index (χ0n) is 28.3. The number of carbonyl (C=O) groups excluding carboxylic acids is 3. The molecule has 2 aliphatic rings. The molecule has 1 N–H and O–H groups in total. The van der Waals surface area contributed by atoms with Gasteiger partial charge in [-0.25, -0.2) is 14.6 Å². The van der Waals surface area contributed by atoms with Gasteiger partial charge in [0.15, 0.2) is 0 Å². The molecule has 1 amide bonds. The van der Waals surface area contributed by atoms with Gasteiger partial charge in [0.25, 0.3) is 5.56 Å². The number of nitrogens with one attached hydrogen (secondary N) is 1. The first-order chi connectivity index (χ1) is 22.4. The van der Waals surface area contributed by atoms with E-state index in [2.05, 4.69) is 5.32 Å². The van der Waals surface area contributed by atoms with E-state index in [-0.39, 0.29) is 36.4 Å². The van der Waals surface area contributed by atoms with Crippen LogP contribution in [0.4, 0.5) is 4.79 Å². The summed E-state index contributed by atoms with van der Waals surface area (Å²) in [6.07, 6.45) is -0.884. The molecule has 258 valence electrons. The molecule has 0 fully saturated rings. The van der Waals surface area contributed by atoms with Crippen LogP contribution >= 0.6 is 0 Å². The van der Waals surface area contributed by atoms with Crippen molar-refractivity contribution in [2.45, 2.75) is 84.1 Å². The monoisotopic (exact) mass is 684 g/mol. The summed E-state index contributed by atoms with van der Waals surface area (Å²) in [6.45, 7) is 9.34. The Hall–Kier alpha value is -4.50. The molecular weight excluding hydrogens is 644 g/mol. The number of pyridine rings is 2. The van der Waals surface area contributed by atoms with Crippen molar-refractivity contribution in [3.63, 3.8) is 0 Å². The topological polar surface area (TPSA) is 172 Å². The lowest BCUT2D eigenvalue weighted by atomic mass is 9.85. The number of benzene rings is 1. The van der Waals surface area contributed by atoms with Gasteiger partial charge in [-0.3, -0.25) is 9.59 Å². The Balaban J connectivity index is 1.57. The molecule has 0 radical (unpaired) electrons. The van der Waals surface area contributed by atoms with E-state index < -0.39 is 56.7 Å². The minimum atomic E-state index is -3.88. The molecule has 48 heavy (non-hydrogen) atoms. The van der Waals surface area contributed by atoms with E-state index in [4.69, 9.17) is 23.4 Å². The number of hydrogen-bond donors (Lipinski definition) is 1. The SMILES string of the molecule is CCC1(OC(=O)CNC(=O)OC(C)(C)C)C(=O)OCc2c1cc1n(c2=O)Cc2cc3c(CN(C)C)c(OS(=O)(=O)C(C)C)ccc3nc2-1. The maximum Gasteiger partial charge on any atom is 0.408 e. The Kier molecular flexibility index (Phi) is 9.07. The van der Waals surface area contributed by atoms with Crippen LogP contribution in [0.3, 0.4) is 0 Å². The number of cyclic esters (lactones) is 1. The van der Waals surface area contributed by atoms with Crippen LogP contribution in [0.5, 0.6) is 5.75 Å². The van der Waals surface area contributed by atoms with Gasteiger partial charge >= 0.3 is 28.1 Å². The largest absolute Gasteiger partial charge is 0.457 e. The summed E-state index contributed by atoms with van der Waals surface area (Å²) in [6, 6.07) is 6.73. The quantitative estimate of drug-likeness (QED) is 0.155. The van der Waals surface area contributed by atoms with E-state index >= 15 is 0 Å². The smallest absolute Gasteiger partial charge is 0.408 e. The van der Waals surface area contributed by atoms with Crippen LogP contribution in [-0.4, -0.2) is 72.4 Å². The number of alkyl carbamates (subject to hydrolysis) is 1. The lowest BCUT2D eigenvalue weighted by molar-refractivity contribution is -0.188. The van der Waals surface area contributed by atoms with Crippen molar-refractivity contribution in [1.29, 1.82) is 0 Å². The minimum Gasteiger partial charge on any atom is -0.457 e. The highest BCUT2D eigenvalue weighted by Gasteiger charge is 2.50. The first-order valence-corrected chi connectivity index (χ1v) is 17.0. The summed E-state index contributed by atoms with van der Waals surface area (Å²) in [5.41, 5.74) is -0.0520. The number of fused-ring (bicyclic) bond motifs is 5. The van der Waals surface area contributed by atoms with Gasteiger partial charge in [0, 0.05) is 28.6 Å². The van der Waals surface area contributed by atoms with Crippen LogP contribution < -0.4 is 15.1 Å². The van der Waals surface area contributed by atoms with E-state index in [1.54, 1.807) is 59.7 Å². The molecule has 0 saturated carbocycles. The van der Waals surface area contributed by atoms with E-state index in [0.29, 0.717) is 40.0 Å². The summed E-state index contributed by atoms with van der Waals surface area (Å²) < 4.78 is 48.7. The standard InChI is InChI=1S/C33H40N4O10S/c1-9-33(45-27(38)14-34-31(41)46-32(4,5)6)23-13-25-28-19(15-37(25)29(39)22(23)17-44-30(33)40)12-20-21(16-36(7)8)26(11-10-24(20)35-28)47-48(42,43)18(2)3/h10-13,18H,9,14-17H2,1-8H3,(H,34,41). The molecule has 3 aromatic rings. The third-order valence-electron chi connectivity index (χ3n) is 8.05. The number of hydrogen-bond acceptors (Lipinski definition) is 12. The van der Waals surface area contributed by atoms with Gasteiger partial charge in [0.05, 0.1) is 34.3 Å². The molecule has 14 nitrogen and oxygen atoms in total. The highest BCUT2D eigenvalue weighted by molar-refractivity contribution is 7.87. The maximum absolute atomic E-state index is 13.9. The summed E-state index contributed by atoms with van der Waals surface area (Å²) in [4.78, 5) is 59.1. The highest BCUT2D eigenvalue weighted by atomic mass is 32.2. The lowest BCUT2D eigenvalue weighted by Gasteiger charge is -2.35. The van der Waals surface area contributed by atoms with Gasteiger partial charge < -0.3 is 33.2 Å². The van der Waals surface area contributed by atoms with Crippen molar-refractivity contribution in [3.05, 3.63) is 56.9 Å². The molecule has 4 heterocycles. The zero-order valence-corrected chi connectivity index (χ0v) is 29.1. The average Bonchev–Trinajstić information content (AvgIpc) is 3.34. The summed E-state index contributed by atoms with van der Waals surface area (Å²) in [7, 11) is -0.175. The minimum absolute atomic E-state index is 0.0478. The number of nitrogens with zero attached hydrogens (tertiary/aromatic N) is 3. The first-order valence-electron chi connectivity index (χ1n) is 15.5. The highest BCUT2D eigenvalue weighted by Crippen LogP contribution is 2.42. The van der Waals surface area contributed by atoms with E-state index in [1.807, 2.05) is 25.1 Å². The van der Waals surface area contributed by atoms with Crippen molar-refractivity contribution in [3.8, 4) is 17.1 Å². The molecule has 2 aliphatic heterocycles. The van der Waals surface area contributed by atoms with Gasteiger partial charge in [-0.05, 0) is 79.4 Å². The van der Waals surface area contributed by atoms with Gasteiger partial charge in [-0.1, -0.05) is 6.92 Å². The third kappa shape index (κ3) is 6.48. The fourth-order valence-electron chi connectivity index (χ4n) is 5.72. The molecular formula is C33H40N4O10S. The van der Waals surface area contributed by atoms with Crippen molar-refractivity contribution in [1.82, 2.24) is 19.8 Å². The first kappa shape index (κ1) is 34.8. The third-order valence-corrected chi connectivity index (χ3v) is 9.62. The second-order valence-electron chi connectivity index (χ2n) is 13.4. The molecule has 0 spiro atoms. The van der Waals surface area contributed by atoms with Gasteiger partial charge in [-0.2, -0.15) is 8.42 Å². The summed E-state index contributed by atoms with van der Waals surface area (Å²) in [5.74, 6) is -1.57. The second kappa shape index (κ2) is 12.5. The van der Waals surface area contributed by atoms with Crippen molar-refractivity contribution in [2.24, 2.45) is 0 Å². The predicted molar refractivity (Wildman–Crippen MR) is 175 cm³/mol. The number of esters is 2. The second-order valence-corrected chi connectivity index (χ2v) is 15.5. The number of carbonyl (C=O) groups is 3. The van der Waals surface area contributed by atoms with Crippen LogP contribution in [0.15, 0.2) is 29.1 Å². The van der Waals surface area contributed by atoms with E-state index in [9.17, 15) is 27.6 Å². The molecule has 0 aliphatic carbocycles. The van der Waals surface area contributed by atoms with Crippen molar-refractivity contribution >= 4 is 39.1 Å². The molecule has 1 aromatic carbocycles. The lowest BCUT2D eigenvalue weighted by Crippen LogP contribution is -2.49. The van der Waals surface area contributed by atoms with Crippen LogP contribution in [0, 0.1) is 0 Å². The number of rotatable bonds is 9. The van der Waals surface area contributed by atoms with Crippen molar-refractivity contribution in [2.75, 3.05) is 20.6 Å². The molecule has 0 saturated heterocycles. The fourth-order valence-corrected chi connectivity index (χ4v) is 6.32. The number of aromatic nitrogens is 2. The molecule has 1 unspecified atom stereocenters. The number of amides is 1. The summed E-state index contributed by atoms with van der Waals surface area (Å²) in [5, 5.41) is 2.23. The van der Waals surface area contributed by atoms with Crippen LogP contribution in [-0.2, 0) is 59.2 Å². The van der Waals surface area contributed by atoms with Crippen molar-refractivity contribution < 1.29 is 41.2 Å². The fraction of sp³-hybridized carbons (Fsp3) is 0.485. The average molecular weight is 685 g/mol. The van der Waals surface area contributed by atoms with Gasteiger partial charge in [-0.15, -0.1) is 0 Å². The van der Waals surface area contributed by atoms with Gasteiger partial charge in [0.1, 0.15) is 24.5 Å². The van der Waals surface area contributed by atoms with Crippen LogP contribution in [0.25, 0.3) is 22.3 Å². The summed E-state index contributed by atoms with van der Waals surface area (Å²) >= 11 is 0. The van der Waals surface area contributed by atoms with Crippen LogP contribution in [0.2, 0.25) is 0 Å². The Bertz CT molecular complexity index is 2000. The Labute approximate surface area is 278 Å². The predicted octanol–water partition coefficient (Wildman–Crippen LogP) is 3.33. The molecule has 15 heteroatoms. The Morgan fingerprint density at radius 1 is 1.17 bits per heavy atom. The number of ether oxygens (including phenoxy) is 3. The molecule has 5 rings (SSSR count). The van der Waals surface area contributed by atoms with E-state index in [0.717, 1.165) is 0 Å². The molecule has 1 atom stereocenters. The molecule has 0 bridgehead atoms. The Morgan fingerprint density at radius 2 is 1.88 bits per heavy atom. The van der Waals surface area contributed by atoms with Gasteiger partial charge in [0.2, 0.25) is 5.60 Å². The Morgan fingerprint density at radius 3 is 2.50 bits per heavy atom. The maximum atomic E-state index is 13.9.